The number of anilines is 1. The molecule has 1 aliphatic heterocycles. The molecule has 0 atom stereocenters. The zero-order valence-electron chi connectivity index (χ0n) is 14.3. The summed E-state index contributed by atoms with van der Waals surface area (Å²) in [5.41, 5.74) is 3.63. The minimum Gasteiger partial charge on any atom is -0.481 e. The van der Waals surface area contributed by atoms with E-state index in [0.29, 0.717) is 5.91 Å². The highest BCUT2D eigenvalue weighted by Crippen LogP contribution is 2.33. The number of unbranched alkanes of at least 4 members (excludes halogenated alkanes) is 1. The van der Waals surface area contributed by atoms with Crippen LogP contribution >= 0.6 is 0 Å². The molecule has 1 aliphatic carbocycles. The predicted octanol–water partition coefficient (Wildman–Crippen LogP) is 3.95. The lowest BCUT2D eigenvalue weighted by molar-refractivity contribution is -0.137. The van der Waals surface area contributed by atoms with Crippen molar-refractivity contribution in [3.63, 3.8) is 0 Å². The fourth-order valence-corrected chi connectivity index (χ4v) is 4.01. The maximum absolute atomic E-state index is 12.8. The van der Waals surface area contributed by atoms with Gasteiger partial charge in [0.1, 0.15) is 0 Å². The number of rotatable bonds is 6. The van der Waals surface area contributed by atoms with Crippen molar-refractivity contribution in [2.75, 3.05) is 11.4 Å². The molecule has 1 heterocycles. The Morgan fingerprint density at radius 1 is 1.12 bits per heavy atom. The second-order valence-corrected chi connectivity index (χ2v) is 7.14. The van der Waals surface area contributed by atoms with Crippen LogP contribution in [0.2, 0.25) is 0 Å². The van der Waals surface area contributed by atoms with Gasteiger partial charge < -0.3 is 10.0 Å². The van der Waals surface area contributed by atoms with Crippen molar-refractivity contribution >= 4 is 17.6 Å². The first-order chi connectivity index (χ1) is 11.6. The lowest BCUT2D eigenvalue weighted by Crippen LogP contribution is -2.35. The molecule has 0 radical (unpaired) electrons. The van der Waals surface area contributed by atoms with E-state index >= 15 is 0 Å². The van der Waals surface area contributed by atoms with Crippen LogP contribution in [0.1, 0.15) is 62.5 Å². The van der Waals surface area contributed by atoms with Crippen LogP contribution in [0.4, 0.5) is 5.69 Å². The number of carboxylic acid groups (broad SMARTS) is 1. The van der Waals surface area contributed by atoms with E-state index in [2.05, 4.69) is 18.2 Å². The van der Waals surface area contributed by atoms with E-state index in [-0.39, 0.29) is 12.3 Å². The number of carbonyl (C=O) groups excluding carboxylic acids is 1. The second kappa shape index (κ2) is 7.82. The molecule has 4 nitrogen and oxygen atoms in total. The Kier molecular flexibility index (Phi) is 5.54. The third-order valence-electron chi connectivity index (χ3n) is 5.37. The molecule has 0 saturated heterocycles. The standard InChI is InChI=1S/C20H27NO3/c22-19(23)9-5-4-6-15-10-11-18-17(14-15)12-13-21(18)20(24)16-7-2-1-3-8-16/h10-11,14,16H,1-9,12-13H2,(H,22,23). The summed E-state index contributed by atoms with van der Waals surface area (Å²) in [6, 6.07) is 6.41. The van der Waals surface area contributed by atoms with Crippen LogP contribution in [0.25, 0.3) is 0 Å². The number of carboxylic acids is 1. The van der Waals surface area contributed by atoms with Crippen LogP contribution in [0.15, 0.2) is 18.2 Å². The predicted molar refractivity (Wildman–Crippen MR) is 94.3 cm³/mol. The number of carbonyl (C=O) groups is 2. The molecule has 3 rings (SSSR count). The molecular formula is C20H27NO3. The average molecular weight is 329 g/mol. The number of hydrogen-bond donors (Lipinski definition) is 1. The zero-order chi connectivity index (χ0) is 16.9. The van der Waals surface area contributed by atoms with Gasteiger partial charge in [0, 0.05) is 24.6 Å². The third kappa shape index (κ3) is 3.97. The lowest BCUT2D eigenvalue weighted by atomic mass is 9.88. The number of hydrogen-bond acceptors (Lipinski definition) is 2. The van der Waals surface area contributed by atoms with E-state index in [9.17, 15) is 9.59 Å². The minimum absolute atomic E-state index is 0.223. The summed E-state index contributed by atoms with van der Waals surface area (Å²) in [5, 5.41) is 8.69. The van der Waals surface area contributed by atoms with E-state index < -0.39 is 5.97 Å². The minimum atomic E-state index is -0.721. The van der Waals surface area contributed by atoms with Crippen molar-refractivity contribution in [3.05, 3.63) is 29.3 Å². The molecule has 1 amide bonds. The van der Waals surface area contributed by atoms with E-state index in [1.807, 2.05) is 4.90 Å². The second-order valence-electron chi connectivity index (χ2n) is 7.14. The van der Waals surface area contributed by atoms with Gasteiger partial charge in [-0.15, -0.1) is 0 Å². The van der Waals surface area contributed by atoms with Crippen LogP contribution in [0.5, 0.6) is 0 Å². The maximum atomic E-state index is 12.8. The summed E-state index contributed by atoms with van der Waals surface area (Å²) in [6.07, 6.45) is 9.46. The van der Waals surface area contributed by atoms with Crippen LogP contribution < -0.4 is 4.90 Å². The molecule has 1 N–H and O–H groups in total. The van der Waals surface area contributed by atoms with E-state index in [1.165, 1.54) is 30.4 Å². The lowest BCUT2D eigenvalue weighted by Gasteiger charge is -2.26. The Bertz CT molecular complexity index is 605. The highest BCUT2D eigenvalue weighted by molar-refractivity contribution is 5.97. The van der Waals surface area contributed by atoms with Gasteiger partial charge in [-0.05, 0) is 55.7 Å². The number of nitrogens with zero attached hydrogens (tertiary/aromatic N) is 1. The van der Waals surface area contributed by atoms with Crippen LogP contribution in [0, 0.1) is 5.92 Å². The van der Waals surface area contributed by atoms with Crippen molar-refractivity contribution in [1.29, 1.82) is 0 Å². The summed E-state index contributed by atoms with van der Waals surface area (Å²) in [4.78, 5) is 25.3. The smallest absolute Gasteiger partial charge is 0.303 e. The molecule has 0 unspecified atom stereocenters. The topological polar surface area (TPSA) is 57.6 Å². The molecule has 2 aliphatic rings. The van der Waals surface area contributed by atoms with Crippen LogP contribution in [0.3, 0.4) is 0 Å². The van der Waals surface area contributed by atoms with Gasteiger partial charge in [-0.3, -0.25) is 9.59 Å². The molecule has 1 aromatic carbocycles. The monoisotopic (exact) mass is 329 g/mol. The van der Waals surface area contributed by atoms with E-state index in [4.69, 9.17) is 5.11 Å². The Balaban J connectivity index is 1.60. The fraction of sp³-hybridized carbons (Fsp3) is 0.600. The molecule has 0 bridgehead atoms. The highest BCUT2D eigenvalue weighted by atomic mass is 16.4. The summed E-state index contributed by atoms with van der Waals surface area (Å²) in [5.74, 6) is -0.177. The van der Waals surface area contributed by atoms with Crippen molar-refractivity contribution in [1.82, 2.24) is 0 Å². The van der Waals surface area contributed by atoms with Gasteiger partial charge in [-0.1, -0.05) is 31.4 Å². The van der Waals surface area contributed by atoms with Crippen molar-refractivity contribution < 1.29 is 14.7 Å². The largest absolute Gasteiger partial charge is 0.481 e. The summed E-state index contributed by atoms with van der Waals surface area (Å²) in [7, 11) is 0. The molecule has 130 valence electrons. The first-order valence-electron chi connectivity index (χ1n) is 9.30. The van der Waals surface area contributed by atoms with Gasteiger partial charge >= 0.3 is 5.97 Å². The SMILES string of the molecule is O=C(O)CCCCc1ccc2c(c1)CCN2C(=O)C1CCCCC1. The number of fused-ring (bicyclic) bond motifs is 1. The molecule has 24 heavy (non-hydrogen) atoms. The van der Waals surface area contributed by atoms with Crippen LogP contribution in [-0.4, -0.2) is 23.5 Å². The third-order valence-corrected chi connectivity index (χ3v) is 5.37. The van der Waals surface area contributed by atoms with Gasteiger partial charge in [0.15, 0.2) is 0 Å². The highest BCUT2D eigenvalue weighted by Gasteiger charge is 2.30. The Labute approximate surface area is 143 Å². The Morgan fingerprint density at radius 3 is 2.67 bits per heavy atom. The first-order valence-corrected chi connectivity index (χ1v) is 9.30. The van der Waals surface area contributed by atoms with Gasteiger partial charge in [0.25, 0.3) is 0 Å². The number of aryl methyl sites for hydroxylation is 1. The molecule has 0 spiro atoms. The van der Waals surface area contributed by atoms with Crippen molar-refractivity contribution in [2.24, 2.45) is 5.92 Å². The van der Waals surface area contributed by atoms with E-state index in [0.717, 1.165) is 50.8 Å². The van der Waals surface area contributed by atoms with E-state index in [1.54, 1.807) is 0 Å². The van der Waals surface area contributed by atoms with Crippen LogP contribution in [-0.2, 0) is 22.4 Å². The zero-order valence-corrected chi connectivity index (χ0v) is 14.3. The van der Waals surface area contributed by atoms with Gasteiger partial charge in [0.2, 0.25) is 5.91 Å². The number of aliphatic carboxylic acids is 1. The molecule has 0 aromatic heterocycles. The molecular weight excluding hydrogens is 302 g/mol. The summed E-state index contributed by atoms with van der Waals surface area (Å²) >= 11 is 0. The summed E-state index contributed by atoms with van der Waals surface area (Å²) in [6.45, 7) is 0.813. The quantitative estimate of drug-likeness (QED) is 0.804. The normalized spacial score (nSPS) is 17.8. The number of amides is 1. The van der Waals surface area contributed by atoms with Gasteiger partial charge in [-0.2, -0.15) is 0 Å². The first kappa shape index (κ1) is 17.0. The molecule has 1 aromatic rings. The molecule has 1 saturated carbocycles. The summed E-state index contributed by atoms with van der Waals surface area (Å²) < 4.78 is 0. The Hall–Kier alpha value is -1.84. The van der Waals surface area contributed by atoms with Gasteiger partial charge in [-0.25, -0.2) is 0 Å². The fourth-order valence-electron chi connectivity index (χ4n) is 4.01. The average Bonchev–Trinajstić information content (AvgIpc) is 3.02. The molecule has 4 heteroatoms. The van der Waals surface area contributed by atoms with Crippen molar-refractivity contribution in [3.8, 4) is 0 Å². The van der Waals surface area contributed by atoms with Gasteiger partial charge in [0.05, 0.1) is 0 Å². The maximum Gasteiger partial charge on any atom is 0.303 e. The number of benzene rings is 1. The van der Waals surface area contributed by atoms with Crippen molar-refractivity contribution in [2.45, 2.75) is 64.2 Å². The molecule has 1 fully saturated rings. The Morgan fingerprint density at radius 2 is 1.92 bits per heavy atom.